The summed E-state index contributed by atoms with van der Waals surface area (Å²) in [5, 5.41) is 2.38. The zero-order chi connectivity index (χ0) is 17.2. The van der Waals surface area contributed by atoms with Crippen LogP contribution < -0.4 is 0 Å². The minimum atomic E-state index is 0.498. The van der Waals surface area contributed by atoms with Crippen molar-refractivity contribution < 1.29 is 0 Å². The second kappa shape index (κ2) is 7.41. The van der Waals surface area contributed by atoms with Gasteiger partial charge in [0, 0.05) is 0 Å². The Labute approximate surface area is 143 Å². The van der Waals surface area contributed by atoms with E-state index in [4.69, 9.17) is 0 Å². The quantitative estimate of drug-likeness (QED) is 0.421. The Balaban J connectivity index is 2.53. The number of hydrogen-bond acceptors (Lipinski definition) is 0. The normalized spacial score (nSPS) is 30.9. The van der Waals surface area contributed by atoms with Crippen molar-refractivity contribution in [2.75, 3.05) is 12.0 Å². The maximum absolute atomic E-state index is 2.56. The van der Waals surface area contributed by atoms with E-state index in [0.717, 1.165) is 11.8 Å². The minimum absolute atomic E-state index is 0.498. The Kier molecular flexibility index (Phi) is 6.82. The van der Waals surface area contributed by atoms with Crippen molar-refractivity contribution in [2.45, 2.75) is 87.5 Å². The molecule has 0 bridgehead atoms. The first-order valence-corrected chi connectivity index (χ1v) is 11.2. The molecule has 0 saturated heterocycles. The Morgan fingerprint density at radius 2 is 1.86 bits per heavy atom. The largest absolute Gasteiger partial charge is 0.193 e. The molecule has 1 rings (SSSR count). The molecule has 22 heavy (non-hydrogen) atoms. The Bertz CT molecular complexity index is 391. The van der Waals surface area contributed by atoms with Gasteiger partial charge in [-0.1, -0.05) is 60.3 Å². The molecule has 0 aliphatic heterocycles. The van der Waals surface area contributed by atoms with Crippen LogP contribution in [0.25, 0.3) is 0 Å². The van der Waals surface area contributed by atoms with Crippen LogP contribution in [0.5, 0.6) is 0 Å². The summed E-state index contributed by atoms with van der Waals surface area (Å²) < 4.78 is 0. The third kappa shape index (κ3) is 4.62. The maximum Gasteiger partial charge on any atom is -0.00971 e. The summed E-state index contributed by atoms with van der Waals surface area (Å²) in [5.41, 5.74) is 1.56. The molecule has 0 nitrogen and oxygen atoms in total. The lowest BCUT2D eigenvalue weighted by Gasteiger charge is -2.63. The summed E-state index contributed by atoms with van der Waals surface area (Å²) in [4.78, 5) is 0. The van der Waals surface area contributed by atoms with E-state index in [1.165, 1.54) is 37.9 Å². The van der Waals surface area contributed by atoms with Crippen LogP contribution in [-0.4, -0.2) is 17.4 Å². The van der Waals surface area contributed by atoms with E-state index in [1.807, 2.05) is 0 Å². The van der Waals surface area contributed by atoms with Gasteiger partial charge in [0.05, 0.1) is 0 Å². The number of hydrogen-bond donors (Lipinski definition) is 0. The summed E-state index contributed by atoms with van der Waals surface area (Å²) >= 11 is 0. The molecule has 0 aromatic heterocycles. The highest BCUT2D eigenvalue weighted by Gasteiger charge is 2.57. The molecule has 0 aromatic rings. The van der Waals surface area contributed by atoms with E-state index in [9.17, 15) is 0 Å². The molecular formula is C21H42S. The van der Waals surface area contributed by atoms with Crippen LogP contribution in [-0.2, 0) is 0 Å². The Hall–Kier alpha value is 0.220. The maximum atomic E-state index is 2.56. The van der Waals surface area contributed by atoms with Gasteiger partial charge in [-0.3, -0.25) is 0 Å². The predicted molar refractivity (Wildman–Crippen MR) is 107 cm³/mol. The summed E-state index contributed by atoms with van der Waals surface area (Å²) in [6.07, 6.45) is 9.39. The van der Waals surface area contributed by atoms with E-state index >= 15 is 0 Å². The minimum Gasteiger partial charge on any atom is -0.193 e. The molecule has 1 aliphatic rings. The lowest BCUT2D eigenvalue weighted by Crippen LogP contribution is -2.54. The molecule has 4 atom stereocenters. The van der Waals surface area contributed by atoms with Crippen molar-refractivity contribution in [3.05, 3.63) is 0 Å². The van der Waals surface area contributed by atoms with Crippen molar-refractivity contribution in [1.82, 2.24) is 0 Å². The van der Waals surface area contributed by atoms with Gasteiger partial charge in [0.1, 0.15) is 0 Å². The molecular weight excluding hydrogens is 284 g/mol. The van der Waals surface area contributed by atoms with Crippen LogP contribution in [0.4, 0.5) is 0 Å². The van der Waals surface area contributed by atoms with Crippen molar-refractivity contribution in [2.24, 2.45) is 28.1 Å². The molecule has 0 amide bonds. The second-order valence-electron chi connectivity index (χ2n) is 9.65. The van der Waals surface area contributed by atoms with Crippen LogP contribution in [0, 0.1) is 28.1 Å². The van der Waals surface area contributed by atoms with Gasteiger partial charge >= 0.3 is 0 Å². The van der Waals surface area contributed by atoms with Crippen molar-refractivity contribution in [3.8, 4) is 0 Å². The van der Waals surface area contributed by atoms with E-state index in [-0.39, 0.29) is 0 Å². The van der Waals surface area contributed by atoms with Crippen LogP contribution in [0.2, 0.25) is 0 Å². The summed E-state index contributed by atoms with van der Waals surface area (Å²) in [7, 11) is 0.520. The van der Waals surface area contributed by atoms with Gasteiger partial charge in [-0.25, -0.2) is 0 Å². The fourth-order valence-corrected chi connectivity index (χ4v) is 5.74. The third-order valence-electron chi connectivity index (χ3n) is 7.06. The van der Waals surface area contributed by atoms with Gasteiger partial charge in [-0.15, -0.1) is 0 Å². The van der Waals surface area contributed by atoms with Gasteiger partial charge in [0.2, 0.25) is 0 Å². The van der Waals surface area contributed by atoms with Crippen molar-refractivity contribution in [1.29, 1.82) is 0 Å². The lowest BCUT2D eigenvalue weighted by atomic mass is 9.42. The molecule has 1 aliphatic carbocycles. The molecule has 0 radical (unpaired) electrons. The summed E-state index contributed by atoms with van der Waals surface area (Å²) in [6.45, 7) is 19.6. The molecule has 0 spiro atoms. The predicted octanol–water partition coefficient (Wildman–Crippen LogP) is 7.00. The monoisotopic (exact) mass is 326 g/mol. The molecule has 1 saturated carbocycles. The van der Waals surface area contributed by atoms with E-state index < -0.39 is 0 Å². The third-order valence-corrected chi connectivity index (χ3v) is 8.96. The van der Waals surface area contributed by atoms with Gasteiger partial charge in [0.15, 0.2) is 0 Å². The van der Waals surface area contributed by atoms with Gasteiger partial charge in [0.25, 0.3) is 0 Å². The van der Waals surface area contributed by atoms with Gasteiger partial charge in [-0.2, -0.15) is 10.5 Å². The zero-order valence-electron chi connectivity index (χ0n) is 16.9. The van der Waals surface area contributed by atoms with Crippen LogP contribution in [0.1, 0.15) is 87.5 Å². The Morgan fingerprint density at radius 3 is 2.32 bits per heavy atom. The fraction of sp³-hybridized carbons (Fsp3) is 0.952. The molecule has 0 N–H and O–H groups in total. The SMILES string of the molecule is CC=S(C)CC(C)CCC1CC(C)(CC(C)(C)CC)C1(C)C. The average Bonchev–Trinajstić information content (AvgIpc) is 2.42. The molecule has 132 valence electrons. The second-order valence-corrected chi connectivity index (χ2v) is 11.8. The van der Waals surface area contributed by atoms with Crippen LogP contribution in [0.15, 0.2) is 0 Å². The summed E-state index contributed by atoms with van der Waals surface area (Å²) in [5.74, 6) is 3.22. The Morgan fingerprint density at radius 1 is 1.27 bits per heavy atom. The van der Waals surface area contributed by atoms with Crippen molar-refractivity contribution >= 4 is 15.9 Å². The van der Waals surface area contributed by atoms with Crippen LogP contribution in [0.3, 0.4) is 0 Å². The molecule has 1 heteroatoms. The van der Waals surface area contributed by atoms with E-state index in [1.54, 1.807) is 0 Å². The zero-order valence-corrected chi connectivity index (χ0v) is 17.7. The number of rotatable bonds is 8. The topological polar surface area (TPSA) is 0 Å². The highest BCUT2D eigenvalue weighted by Crippen LogP contribution is 2.65. The van der Waals surface area contributed by atoms with E-state index in [2.05, 4.69) is 67.0 Å². The first-order chi connectivity index (χ1) is 9.97. The first kappa shape index (κ1) is 20.3. The highest BCUT2D eigenvalue weighted by atomic mass is 32.2. The molecule has 0 heterocycles. The van der Waals surface area contributed by atoms with Crippen molar-refractivity contribution in [3.63, 3.8) is 0 Å². The van der Waals surface area contributed by atoms with Gasteiger partial charge in [-0.05, 0) is 72.7 Å². The average molecular weight is 327 g/mol. The first-order valence-electron chi connectivity index (χ1n) is 9.38. The lowest BCUT2D eigenvalue weighted by molar-refractivity contribution is -0.135. The smallest absolute Gasteiger partial charge is 0.00971 e. The fourth-order valence-electron chi connectivity index (χ4n) is 4.48. The molecule has 0 aromatic carbocycles. The van der Waals surface area contributed by atoms with Gasteiger partial charge < -0.3 is 0 Å². The molecule has 1 fully saturated rings. The standard InChI is InChI=1S/C21H42S/c1-10-19(4,5)16-21(8)14-18(20(21,6)7)13-12-17(3)15-22(9)11-2/h11,17-18H,10,12-16H2,1-9H3. The molecule has 4 unspecified atom stereocenters. The van der Waals surface area contributed by atoms with E-state index in [0.29, 0.717) is 26.7 Å². The highest BCUT2D eigenvalue weighted by molar-refractivity contribution is 8.14. The van der Waals surface area contributed by atoms with Crippen LogP contribution >= 0.6 is 10.5 Å². The summed E-state index contributed by atoms with van der Waals surface area (Å²) in [6, 6.07) is 0.